The van der Waals surface area contributed by atoms with Gasteiger partial charge in [-0.25, -0.2) is 13.1 Å². The van der Waals surface area contributed by atoms with Gasteiger partial charge in [-0.05, 0) is 29.3 Å². The highest BCUT2D eigenvalue weighted by atomic mass is 32.2. The maximum Gasteiger partial charge on any atom is 0.240 e. The number of ether oxygens (including phenoxy) is 1. The second-order valence-electron chi connectivity index (χ2n) is 4.72. The summed E-state index contributed by atoms with van der Waals surface area (Å²) in [6.07, 6.45) is 0. The largest absolute Gasteiger partial charge is 0.380 e. The second-order valence-corrected chi connectivity index (χ2v) is 6.48. The van der Waals surface area contributed by atoms with Crippen molar-refractivity contribution in [3.63, 3.8) is 0 Å². The zero-order valence-corrected chi connectivity index (χ0v) is 12.9. The zero-order valence-electron chi connectivity index (χ0n) is 12.1. The summed E-state index contributed by atoms with van der Waals surface area (Å²) in [5, 5.41) is 8.84. The van der Waals surface area contributed by atoms with Crippen LogP contribution in [0.25, 0.3) is 0 Å². The van der Waals surface area contributed by atoms with E-state index in [0.29, 0.717) is 12.2 Å². The van der Waals surface area contributed by atoms with Gasteiger partial charge in [-0.15, -0.1) is 0 Å². The molecule has 22 heavy (non-hydrogen) atoms. The quantitative estimate of drug-likeness (QED) is 0.886. The van der Waals surface area contributed by atoms with Gasteiger partial charge < -0.3 is 4.74 Å². The van der Waals surface area contributed by atoms with Crippen LogP contribution in [0.2, 0.25) is 0 Å². The highest BCUT2D eigenvalue weighted by Crippen LogP contribution is 2.12. The van der Waals surface area contributed by atoms with Gasteiger partial charge in [0.15, 0.2) is 0 Å². The van der Waals surface area contributed by atoms with E-state index in [4.69, 9.17) is 10.00 Å². The number of nitrogens with zero attached hydrogens (tertiary/aromatic N) is 1. The molecular weight excluding hydrogens is 300 g/mol. The van der Waals surface area contributed by atoms with Gasteiger partial charge in [0.1, 0.15) is 0 Å². The van der Waals surface area contributed by atoms with Gasteiger partial charge >= 0.3 is 0 Å². The summed E-state index contributed by atoms with van der Waals surface area (Å²) in [5.74, 6) is 0. The Labute approximate surface area is 130 Å². The number of rotatable bonds is 6. The molecule has 0 saturated carbocycles. The van der Waals surface area contributed by atoms with E-state index >= 15 is 0 Å². The molecule has 0 spiro atoms. The minimum Gasteiger partial charge on any atom is -0.380 e. The molecule has 0 fully saturated rings. The summed E-state index contributed by atoms with van der Waals surface area (Å²) in [7, 11) is -2.04. The number of sulfonamides is 1. The van der Waals surface area contributed by atoms with Crippen LogP contribution in [-0.2, 0) is 27.9 Å². The summed E-state index contributed by atoms with van der Waals surface area (Å²) in [5.41, 5.74) is 2.13. The smallest absolute Gasteiger partial charge is 0.240 e. The molecule has 0 unspecified atom stereocenters. The van der Waals surface area contributed by atoms with Crippen molar-refractivity contribution in [3.05, 3.63) is 65.2 Å². The van der Waals surface area contributed by atoms with Crippen LogP contribution in [0, 0.1) is 11.3 Å². The first-order valence-corrected chi connectivity index (χ1v) is 8.10. The molecule has 0 amide bonds. The van der Waals surface area contributed by atoms with Crippen molar-refractivity contribution in [2.24, 2.45) is 0 Å². The van der Waals surface area contributed by atoms with Gasteiger partial charge in [0.2, 0.25) is 10.0 Å². The van der Waals surface area contributed by atoms with E-state index in [-0.39, 0.29) is 11.4 Å². The molecule has 0 radical (unpaired) electrons. The molecule has 0 bridgehead atoms. The van der Waals surface area contributed by atoms with Crippen LogP contribution in [0.5, 0.6) is 0 Å². The third-order valence-corrected chi connectivity index (χ3v) is 4.44. The number of hydrogen-bond acceptors (Lipinski definition) is 4. The molecular formula is C16H16N2O3S. The van der Waals surface area contributed by atoms with E-state index in [0.717, 1.165) is 11.1 Å². The van der Waals surface area contributed by atoms with E-state index in [1.165, 1.54) is 12.1 Å². The second kappa shape index (κ2) is 7.18. The topological polar surface area (TPSA) is 79.2 Å². The van der Waals surface area contributed by atoms with E-state index in [9.17, 15) is 8.42 Å². The Hall–Kier alpha value is -2.20. The average Bonchev–Trinajstić information content (AvgIpc) is 2.54. The van der Waals surface area contributed by atoms with Gasteiger partial charge in [-0.1, -0.05) is 30.3 Å². The summed E-state index contributed by atoms with van der Waals surface area (Å²) >= 11 is 0. The zero-order chi connectivity index (χ0) is 16.0. The van der Waals surface area contributed by atoms with Crippen LogP contribution < -0.4 is 4.72 Å². The number of nitriles is 1. The first kappa shape index (κ1) is 16.2. The highest BCUT2D eigenvalue weighted by Gasteiger charge is 2.14. The number of hydrogen-bond donors (Lipinski definition) is 1. The fraction of sp³-hybridized carbons (Fsp3) is 0.188. The Morgan fingerprint density at radius 1 is 1.14 bits per heavy atom. The minimum atomic E-state index is -3.65. The average molecular weight is 316 g/mol. The SMILES string of the molecule is COCc1cccc(CNS(=O)(=O)c2cccc(C#N)c2)c1. The molecule has 6 heteroatoms. The van der Waals surface area contributed by atoms with Gasteiger partial charge in [-0.3, -0.25) is 0 Å². The third-order valence-electron chi connectivity index (χ3n) is 3.04. The van der Waals surface area contributed by atoms with Crippen molar-refractivity contribution in [3.8, 4) is 6.07 Å². The Kier molecular flexibility index (Phi) is 5.28. The van der Waals surface area contributed by atoms with Crippen LogP contribution in [0.15, 0.2) is 53.4 Å². The standard InChI is InChI=1S/C16H16N2O3S/c1-21-12-15-6-2-5-14(8-15)11-18-22(19,20)16-7-3-4-13(9-16)10-17/h2-9,18H,11-12H2,1H3. The van der Waals surface area contributed by atoms with Gasteiger partial charge in [0, 0.05) is 13.7 Å². The maximum atomic E-state index is 12.2. The van der Waals surface area contributed by atoms with Gasteiger partial charge in [0.25, 0.3) is 0 Å². The molecule has 1 N–H and O–H groups in total. The van der Waals surface area contributed by atoms with Crippen LogP contribution in [0.1, 0.15) is 16.7 Å². The summed E-state index contributed by atoms with van der Waals surface area (Å²) in [6.45, 7) is 0.654. The van der Waals surface area contributed by atoms with Gasteiger partial charge in [-0.2, -0.15) is 5.26 Å². The Morgan fingerprint density at radius 2 is 1.86 bits per heavy atom. The number of nitrogens with one attached hydrogen (secondary N) is 1. The lowest BCUT2D eigenvalue weighted by molar-refractivity contribution is 0.185. The first-order chi connectivity index (χ1) is 10.5. The normalized spacial score (nSPS) is 11.1. The first-order valence-electron chi connectivity index (χ1n) is 6.62. The Bertz CT molecular complexity index is 795. The van der Waals surface area contributed by atoms with E-state index < -0.39 is 10.0 Å². The van der Waals surface area contributed by atoms with Crippen LogP contribution in [0.3, 0.4) is 0 Å². The summed E-state index contributed by atoms with van der Waals surface area (Å²) < 4.78 is 32.1. The fourth-order valence-electron chi connectivity index (χ4n) is 1.99. The fourth-order valence-corrected chi connectivity index (χ4v) is 3.05. The van der Waals surface area contributed by atoms with E-state index in [2.05, 4.69) is 4.72 Å². The molecule has 5 nitrogen and oxygen atoms in total. The van der Waals surface area contributed by atoms with Crippen molar-refractivity contribution in [2.75, 3.05) is 7.11 Å². The van der Waals surface area contributed by atoms with Gasteiger partial charge in [0.05, 0.1) is 23.1 Å². The lowest BCUT2D eigenvalue weighted by atomic mass is 10.1. The third kappa shape index (κ3) is 4.15. The molecule has 0 aliphatic heterocycles. The monoisotopic (exact) mass is 316 g/mol. The molecule has 2 aromatic carbocycles. The van der Waals surface area contributed by atoms with E-state index in [1.54, 1.807) is 19.2 Å². The lowest BCUT2D eigenvalue weighted by Crippen LogP contribution is -2.23. The predicted octanol–water partition coefficient (Wildman–Crippen LogP) is 2.18. The molecule has 2 aromatic rings. The van der Waals surface area contributed by atoms with Crippen LogP contribution >= 0.6 is 0 Å². The Balaban J connectivity index is 2.12. The highest BCUT2D eigenvalue weighted by molar-refractivity contribution is 7.89. The van der Waals surface area contributed by atoms with Crippen molar-refractivity contribution < 1.29 is 13.2 Å². The molecule has 0 aliphatic carbocycles. The summed E-state index contributed by atoms with van der Waals surface area (Å²) in [6, 6.07) is 15.4. The summed E-state index contributed by atoms with van der Waals surface area (Å²) in [4.78, 5) is 0.0830. The van der Waals surface area contributed by atoms with Crippen molar-refractivity contribution in [1.82, 2.24) is 4.72 Å². The molecule has 0 aliphatic rings. The lowest BCUT2D eigenvalue weighted by Gasteiger charge is -2.08. The van der Waals surface area contributed by atoms with Crippen molar-refractivity contribution >= 4 is 10.0 Å². The number of benzene rings is 2. The molecule has 0 saturated heterocycles. The van der Waals surface area contributed by atoms with Crippen molar-refractivity contribution in [2.45, 2.75) is 18.0 Å². The van der Waals surface area contributed by atoms with Crippen LogP contribution in [0.4, 0.5) is 0 Å². The molecule has 0 aromatic heterocycles. The molecule has 114 valence electrons. The molecule has 2 rings (SSSR count). The number of methoxy groups -OCH3 is 1. The Morgan fingerprint density at radius 3 is 2.59 bits per heavy atom. The van der Waals surface area contributed by atoms with E-state index in [1.807, 2.05) is 30.3 Å². The van der Waals surface area contributed by atoms with Crippen molar-refractivity contribution in [1.29, 1.82) is 5.26 Å². The molecule has 0 atom stereocenters. The maximum absolute atomic E-state index is 12.2. The minimum absolute atomic E-state index is 0.0830. The predicted molar refractivity (Wildman–Crippen MR) is 82.3 cm³/mol. The van der Waals surface area contributed by atoms with Crippen LogP contribution in [-0.4, -0.2) is 15.5 Å². The molecule has 0 heterocycles.